The predicted octanol–water partition coefficient (Wildman–Crippen LogP) is 4.86. The highest BCUT2D eigenvalue weighted by molar-refractivity contribution is 7.99. The zero-order valence-corrected chi connectivity index (χ0v) is 21.9. The quantitative estimate of drug-likeness (QED) is 0.175. The molecule has 0 aliphatic carbocycles. The minimum Gasteiger partial charge on any atom is -0.493 e. The molecule has 0 atom stereocenters. The summed E-state index contributed by atoms with van der Waals surface area (Å²) < 4.78 is 18.0. The van der Waals surface area contributed by atoms with Gasteiger partial charge in [-0.1, -0.05) is 41.6 Å². The zero-order chi connectivity index (χ0) is 26.2. The molecule has 0 aliphatic heterocycles. The number of carbonyl (C=O) groups is 1. The van der Waals surface area contributed by atoms with Crippen molar-refractivity contribution >= 4 is 35.5 Å². The number of halogens is 1. The van der Waals surface area contributed by atoms with Crippen LogP contribution in [-0.2, 0) is 4.79 Å². The van der Waals surface area contributed by atoms with Gasteiger partial charge in [-0.3, -0.25) is 9.36 Å². The summed E-state index contributed by atoms with van der Waals surface area (Å²) in [5, 5.41) is 14.0. The van der Waals surface area contributed by atoms with Crippen molar-refractivity contribution in [1.82, 2.24) is 20.2 Å². The molecule has 9 nitrogen and oxygen atoms in total. The van der Waals surface area contributed by atoms with Crippen molar-refractivity contribution in [1.29, 1.82) is 0 Å². The fraction of sp³-hybridized carbons (Fsp3) is 0.154. The van der Waals surface area contributed by atoms with Gasteiger partial charge in [-0.2, -0.15) is 5.10 Å². The van der Waals surface area contributed by atoms with Gasteiger partial charge in [0.2, 0.25) is 5.75 Å². The molecule has 1 N–H and O–H groups in total. The summed E-state index contributed by atoms with van der Waals surface area (Å²) in [4.78, 5) is 12.6. The number of methoxy groups -OCH3 is 3. The van der Waals surface area contributed by atoms with Gasteiger partial charge in [-0.05, 0) is 48.5 Å². The number of hydrogen-bond donors (Lipinski definition) is 1. The fourth-order valence-electron chi connectivity index (χ4n) is 3.52. The summed E-state index contributed by atoms with van der Waals surface area (Å²) in [6.45, 7) is 0. The molecule has 0 spiro atoms. The summed E-state index contributed by atoms with van der Waals surface area (Å²) in [5.41, 5.74) is 4.87. The van der Waals surface area contributed by atoms with Crippen molar-refractivity contribution in [3.05, 3.63) is 77.3 Å². The van der Waals surface area contributed by atoms with Gasteiger partial charge in [0.05, 0.1) is 33.3 Å². The zero-order valence-electron chi connectivity index (χ0n) is 20.3. The first-order valence-electron chi connectivity index (χ1n) is 11.1. The average Bonchev–Trinajstić information content (AvgIpc) is 3.36. The van der Waals surface area contributed by atoms with Crippen LogP contribution in [0.15, 0.2) is 77.0 Å². The fourth-order valence-corrected chi connectivity index (χ4v) is 4.39. The summed E-state index contributed by atoms with van der Waals surface area (Å²) in [6.07, 6.45) is 1.48. The Kier molecular flexibility index (Phi) is 8.65. The molecule has 1 amide bonds. The minimum atomic E-state index is -0.309. The van der Waals surface area contributed by atoms with E-state index in [1.807, 2.05) is 47.0 Å². The molecule has 0 saturated heterocycles. The number of hydrogen-bond acceptors (Lipinski definition) is 8. The van der Waals surface area contributed by atoms with Crippen LogP contribution in [0, 0.1) is 0 Å². The maximum Gasteiger partial charge on any atom is 0.250 e. The Hall–Kier alpha value is -4.02. The molecule has 190 valence electrons. The molecule has 1 aromatic heterocycles. The Balaban J connectivity index is 1.49. The van der Waals surface area contributed by atoms with Crippen molar-refractivity contribution in [2.45, 2.75) is 5.16 Å². The summed E-state index contributed by atoms with van der Waals surface area (Å²) >= 11 is 7.30. The molecule has 4 aromatic rings. The number of carbonyl (C=O) groups excluding carboxylic acids is 1. The summed E-state index contributed by atoms with van der Waals surface area (Å²) in [5.74, 6) is 1.82. The highest BCUT2D eigenvalue weighted by Crippen LogP contribution is 2.39. The highest BCUT2D eigenvalue weighted by atomic mass is 35.5. The molecule has 0 aliphatic rings. The smallest absolute Gasteiger partial charge is 0.250 e. The Morgan fingerprint density at radius 1 is 0.973 bits per heavy atom. The second kappa shape index (κ2) is 12.3. The molecule has 4 rings (SSSR count). The lowest BCUT2D eigenvalue weighted by Gasteiger charge is -2.13. The third-order valence-electron chi connectivity index (χ3n) is 5.21. The number of amides is 1. The van der Waals surface area contributed by atoms with Crippen LogP contribution >= 0.6 is 23.4 Å². The lowest BCUT2D eigenvalue weighted by Crippen LogP contribution is -2.20. The number of rotatable bonds is 10. The number of hydrazone groups is 1. The van der Waals surface area contributed by atoms with E-state index in [1.165, 1.54) is 32.2 Å². The number of nitrogens with zero attached hydrogens (tertiary/aromatic N) is 4. The SMILES string of the molecule is COc1ccc(C=NNC(=O)CSc2nnc(-c3ccc(Cl)cc3)n2-c2ccccc2)c(OC)c1OC. The lowest BCUT2D eigenvalue weighted by atomic mass is 10.2. The molecular formula is C26H24ClN5O4S. The Morgan fingerprint density at radius 3 is 2.38 bits per heavy atom. The monoisotopic (exact) mass is 537 g/mol. The Bertz CT molecular complexity index is 1390. The third kappa shape index (κ3) is 6.04. The van der Waals surface area contributed by atoms with E-state index in [4.69, 9.17) is 25.8 Å². The molecule has 37 heavy (non-hydrogen) atoms. The van der Waals surface area contributed by atoms with E-state index in [0.717, 1.165) is 11.3 Å². The Morgan fingerprint density at radius 2 is 1.70 bits per heavy atom. The van der Waals surface area contributed by atoms with E-state index in [2.05, 4.69) is 20.7 Å². The van der Waals surface area contributed by atoms with Crippen LogP contribution in [0.25, 0.3) is 17.1 Å². The molecule has 0 saturated carbocycles. The molecule has 0 bridgehead atoms. The molecule has 11 heteroatoms. The lowest BCUT2D eigenvalue weighted by molar-refractivity contribution is -0.118. The van der Waals surface area contributed by atoms with Gasteiger partial charge in [-0.25, -0.2) is 5.43 Å². The number of aromatic nitrogens is 3. The molecule has 3 aromatic carbocycles. The second-order valence-corrected chi connectivity index (χ2v) is 8.87. The number of benzene rings is 3. The van der Waals surface area contributed by atoms with Crippen molar-refractivity contribution in [3.63, 3.8) is 0 Å². The Labute approximate surface area is 223 Å². The third-order valence-corrected chi connectivity index (χ3v) is 6.39. The van der Waals surface area contributed by atoms with Gasteiger partial charge in [0.1, 0.15) is 0 Å². The normalized spacial score (nSPS) is 10.9. The number of nitrogens with one attached hydrogen (secondary N) is 1. The van der Waals surface area contributed by atoms with E-state index in [1.54, 1.807) is 31.4 Å². The first kappa shape index (κ1) is 26.1. The van der Waals surface area contributed by atoms with E-state index in [0.29, 0.717) is 38.8 Å². The number of para-hydroxylation sites is 1. The van der Waals surface area contributed by atoms with Crippen LogP contribution in [0.2, 0.25) is 5.02 Å². The van der Waals surface area contributed by atoms with Crippen molar-refractivity contribution in [3.8, 4) is 34.3 Å². The number of ether oxygens (including phenoxy) is 3. The first-order chi connectivity index (χ1) is 18.0. The van der Waals surface area contributed by atoms with Crippen LogP contribution < -0.4 is 19.6 Å². The van der Waals surface area contributed by atoms with E-state index < -0.39 is 0 Å². The van der Waals surface area contributed by atoms with Gasteiger partial charge in [-0.15, -0.1) is 10.2 Å². The first-order valence-corrected chi connectivity index (χ1v) is 12.4. The minimum absolute atomic E-state index is 0.0754. The van der Waals surface area contributed by atoms with Gasteiger partial charge < -0.3 is 14.2 Å². The summed E-state index contributed by atoms with van der Waals surface area (Å²) in [6, 6.07) is 20.5. The van der Waals surface area contributed by atoms with Gasteiger partial charge in [0.15, 0.2) is 22.5 Å². The highest BCUT2D eigenvalue weighted by Gasteiger charge is 2.18. The van der Waals surface area contributed by atoms with Crippen LogP contribution in [0.3, 0.4) is 0 Å². The van der Waals surface area contributed by atoms with E-state index in [9.17, 15) is 4.79 Å². The van der Waals surface area contributed by atoms with Crippen molar-refractivity contribution < 1.29 is 19.0 Å². The standard InChI is InChI=1S/C26H24ClN5O4S/c1-34-21-14-11-18(23(35-2)24(21)36-3)15-28-29-22(33)16-37-26-31-30-25(17-9-12-19(27)13-10-17)32(26)20-7-5-4-6-8-20/h4-15H,16H2,1-3H3,(H,29,33). The molecule has 0 radical (unpaired) electrons. The van der Waals surface area contributed by atoms with E-state index >= 15 is 0 Å². The van der Waals surface area contributed by atoms with Crippen LogP contribution in [0.4, 0.5) is 0 Å². The van der Waals surface area contributed by atoms with Crippen LogP contribution in [0.5, 0.6) is 17.2 Å². The molecule has 0 fully saturated rings. The largest absolute Gasteiger partial charge is 0.493 e. The van der Waals surface area contributed by atoms with Gasteiger partial charge >= 0.3 is 0 Å². The topological polar surface area (TPSA) is 99.9 Å². The predicted molar refractivity (Wildman–Crippen MR) is 144 cm³/mol. The van der Waals surface area contributed by atoms with Crippen LogP contribution in [0.1, 0.15) is 5.56 Å². The van der Waals surface area contributed by atoms with Gasteiger partial charge in [0.25, 0.3) is 5.91 Å². The van der Waals surface area contributed by atoms with Gasteiger partial charge in [0, 0.05) is 21.8 Å². The van der Waals surface area contributed by atoms with Crippen molar-refractivity contribution in [2.75, 3.05) is 27.1 Å². The maximum absolute atomic E-state index is 12.6. The average molecular weight is 538 g/mol. The second-order valence-electron chi connectivity index (χ2n) is 7.49. The van der Waals surface area contributed by atoms with Crippen molar-refractivity contribution in [2.24, 2.45) is 5.10 Å². The molecular weight excluding hydrogens is 514 g/mol. The molecule has 0 unspecified atom stereocenters. The summed E-state index contributed by atoms with van der Waals surface area (Å²) in [7, 11) is 4.58. The maximum atomic E-state index is 12.6. The molecule has 1 heterocycles. The number of thioether (sulfide) groups is 1. The van der Waals surface area contributed by atoms with E-state index in [-0.39, 0.29) is 11.7 Å². The van der Waals surface area contributed by atoms with Crippen LogP contribution in [-0.4, -0.2) is 54.0 Å².